The molecule has 9 aromatic carbocycles. The summed E-state index contributed by atoms with van der Waals surface area (Å²) in [7, 11) is 0. The molecule has 56 heavy (non-hydrogen) atoms. The summed E-state index contributed by atoms with van der Waals surface area (Å²) in [5.74, 6) is 0. The molecule has 0 saturated carbocycles. The lowest BCUT2D eigenvalue weighted by Crippen LogP contribution is -2.10. The summed E-state index contributed by atoms with van der Waals surface area (Å²) < 4.78 is 6.66. The summed E-state index contributed by atoms with van der Waals surface area (Å²) >= 11 is 0. The SMILES string of the molecule is c1ccc(-c2cccc(-c3ccccc3-c3cccc(N(c4ccc(-c5ccccc5-c5ccccc5)cc4)c4cccc5c4oc4ccccc45)c3)c2)cc1. The van der Waals surface area contributed by atoms with Crippen molar-refractivity contribution in [1.29, 1.82) is 0 Å². The smallest absolute Gasteiger partial charge is 0.159 e. The van der Waals surface area contributed by atoms with Crippen LogP contribution in [-0.4, -0.2) is 0 Å². The third-order valence-corrected chi connectivity index (χ3v) is 10.7. The Bertz CT molecular complexity index is 2960. The summed E-state index contributed by atoms with van der Waals surface area (Å²) in [6, 6.07) is 80.0. The van der Waals surface area contributed by atoms with Crippen LogP contribution in [0, 0.1) is 0 Å². The van der Waals surface area contributed by atoms with Crippen LogP contribution in [0.5, 0.6) is 0 Å². The molecule has 2 heteroatoms. The van der Waals surface area contributed by atoms with E-state index in [1.807, 2.05) is 12.1 Å². The topological polar surface area (TPSA) is 16.4 Å². The van der Waals surface area contributed by atoms with Gasteiger partial charge in [-0.15, -0.1) is 0 Å². The largest absolute Gasteiger partial charge is 0.454 e. The van der Waals surface area contributed by atoms with Crippen LogP contribution in [0.3, 0.4) is 0 Å². The molecule has 10 aromatic rings. The van der Waals surface area contributed by atoms with Crippen LogP contribution in [0.25, 0.3) is 77.6 Å². The van der Waals surface area contributed by atoms with E-state index in [0.29, 0.717) is 0 Å². The third-order valence-electron chi connectivity index (χ3n) is 10.7. The molecule has 0 radical (unpaired) electrons. The molecule has 264 valence electrons. The van der Waals surface area contributed by atoms with Gasteiger partial charge in [0, 0.05) is 22.1 Å². The van der Waals surface area contributed by atoms with Gasteiger partial charge in [-0.25, -0.2) is 0 Å². The Balaban J connectivity index is 1.11. The van der Waals surface area contributed by atoms with Crippen molar-refractivity contribution < 1.29 is 4.42 Å². The summed E-state index contributed by atoms with van der Waals surface area (Å²) in [4.78, 5) is 2.33. The van der Waals surface area contributed by atoms with Crippen LogP contribution in [0.1, 0.15) is 0 Å². The maximum Gasteiger partial charge on any atom is 0.159 e. The van der Waals surface area contributed by atoms with Gasteiger partial charge in [0.15, 0.2) is 5.58 Å². The van der Waals surface area contributed by atoms with Crippen LogP contribution >= 0.6 is 0 Å². The summed E-state index contributed by atoms with van der Waals surface area (Å²) in [6.07, 6.45) is 0. The van der Waals surface area contributed by atoms with E-state index in [1.165, 1.54) is 44.5 Å². The van der Waals surface area contributed by atoms with Crippen LogP contribution in [0.15, 0.2) is 229 Å². The van der Waals surface area contributed by atoms with Gasteiger partial charge in [-0.05, 0) is 98.1 Å². The number of fused-ring (bicyclic) bond motifs is 3. The Labute approximate surface area is 327 Å². The Morgan fingerprint density at radius 2 is 0.768 bits per heavy atom. The second-order valence-electron chi connectivity index (χ2n) is 14.1. The third kappa shape index (κ3) is 6.14. The van der Waals surface area contributed by atoms with Gasteiger partial charge in [-0.2, -0.15) is 0 Å². The molecule has 0 aliphatic carbocycles. The Morgan fingerprint density at radius 3 is 1.46 bits per heavy atom. The standard InChI is InChI=1S/C54H37NO/c1-3-16-38(17-4-1)41-20-13-21-42(36-41)48-26-9-10-27-49(48)43-22-14-23-45(37-43)55(52-30-15-29-51-50-28-11-12-31-53(50)56-54(51)52)44-34-32-40(33-35-44)47-25-8-7-24-46(47)39-18-5-2-6-19-39/h1-37H. The highest BCUT2D eigenvalue weighted by atomic mass is 16.3. The van der Waals surface area contributed by atoms with Gasteiger partial charge in [0.05, 0.1) is 5.69 Å². The molecule has 1 aromatic heterocycles. The van der Waals surface area contributed by atoms with E-state index in [2.05, 4.69) is 217 Å². The lowest BCUT2D eigenvalue weighted by molar-refractivity contribution is 0.669. The van der Waals surface area contributed by atoms with Crippen LogP contribution in [0.2, 0.25) is 0 Å². The van der Waals surface area contributed by atoms with Crippen LogP contribution in [0.4, 0.5) is 17.1 Å². The lowest BCUT2D eigenvalue weighted by atomic mass is 9.92. The number of para-hydroxylation sites is 2. The molecule has 0 atom stereocenters. The fraction of sp³-hybridized carbons (Fsp3) is 0. The number of nitrogens with zero attached hydrogens (tertiary/aromatic N) is 1. The zero-order valence-corrected chi connectivity index (χ0v) is 30.7. The van der Waals surface area contributed by atoms with Crippen molar-refractivity contribution in [3.05, 3.63) is 224 Å². The van der Waals surface area contributed by atoms with E-state index in [1.54, 1.807) is 0 Å². The molecule has 0 saturated heterocycles. The molecule has 0 amide bonds. The first-order valence-corrected chi connectivity index (χ1v) is 19.1. The van der Waals surface area contributed by atoms with Gasteiger partial charge in [0.1, 0.15) is 5.58 Å². The molecule has 1 heterocycles. The Morgan fingerprint density at radius 1 is 0.286 bits per heavy atom. The van der Waals surface area contributed by atoms with Crippen molar-refractivity contribution in [2.75, 3.05) is 4.90 Å². The van der Waals surface area contributed by atoms with Gasteiger partial charge in [0.2, 0.25) is 0 Å². The summed E-state index contributed by atoms with van der Waals surface area (Å²) in [5.41, 5.74) is 16.7. The zero-order valence-electron chi connectivity index (χ0n) is 30.7. The maximum atomic E-state index is 6.66. The molecule has 10 rings (SSSR count). The van der Waals surface area contributed by atoms with Gasteiger partial charge in [-0.3, -0.25) is 0 Å². The summed E-state index contributed by atoms with van der Waals surface area (Å²) in [5, 5.41) is 2.20. The zero-order chi connectivity index (χ0) is 37.3. The second kappa shape index (κ2) is 14.4. The van der Waals surface area contributed by atoms with Gasteiger partial charge in [-0.1, -0.05) is 182 Å². The van der Waals surface area contributed by atoms with Crippen LogP contribution in [-0.2, 0) is 0 Å². The Kier molecular flexibility index (Phi) is 8.55. The molecule has 0 fully saturated rings. The molecule has 0 aliphatic rings. The Hall–Kier alpha value is -7.42. The van der Waals surface area contributed by atoms with E-state index < -0.39 is 0 Å². The van der Waals surface area contributed by atoms with Crippen LogP contribution < -0.4 is 4.90 Å². The second-order valence-corrected chi connectivity index (χ2v) is 14.1. The quantitative estimate of drug-likeness (QED) is 0.156. The van der Waals surface area contributed by atoms with E-state index in [9.17, 15) is 0 Å². The first-order chi connectivity index (χ1) is 27.8. The lowest BCUT2D eigenvalue weighted by Gasteiger charge is -2.26. The first-order valence-electron chi connectivity index (χ1n) is 19.1. The minimum Gasteiger partial charge on any atom is -0.454 e. The monoisotopic (exact) mass is 715 g/mol. The predicted octanol–water partition coefficient (Wildman–Crippen LogP) is 15.4. The molecule has 0 N–H and O–H groups in total. The average Bonchev–Trinajstić information content (AvgIpc) is 3.67. The van der Waals surface area contributed by atoms with Gasteiger partial charge >= 0.3 is 0 Å². The molecule has 0 spiro atoms. The first kappa shape index (κ1) is 33.2. The molecule has 0 unspecified atom stereocenters. The highest BCUT2D eigenvalue weighted by Crippen LogP contribution is 2.44. The fourth-order valence-corrected chi connectivity index (χ4v) is 8.03. The van der Waals surface area contributed by atoms with Crippen molar-refractivity contribution in [3.8, 4) is 55.6 Å². The van der Waals surface area contributed by atoms with E-state index in [-0.39, 0.29) is 0 Å². The highest BCUT2D eigenvalue weighted by molar-refractivity contribution is 6.10. The highest BCUT2D eigenvalue weighted by Gasteiger charge is 2.21. The van der Waals surface area contributed by atoms with Crippen molar-refractivity contribution >= 4 is 39.0 Å². The maximum absolute atomic E-state index is 6.66. The number of benzene rings is 9. The van der Waals surface area contributed by atoms with Gasteiger partial charge in [0.25, 0.3) is 0 Å². The number of rotatable bonds is 8. The minimum atomic E-state index is 0.857. The molecular formula is C54H37NO. The molecular weight excluding hydrogens is 679 g/mol. The number of anilines is 3. The number of hydrogen-bond acceptors (Lipinski definition) is 2. The minimum absolute atomic E-state index is 0.857. The number of hydrogen-bond donors (Lipinski definition) is 0. The van der Waals surface area contributed by atoms with Gasteiger partial charge < -0.3 is 9.32 Å². The van der Waals surface area contributed by atoms with E-state index in [4.69, 9.17) is 4.42 Å². The van der Waals surface area contributed by atoms with Crippen molar-refractivity contribution in [2.45, 2.75) is 0 Å². The molecule has 0 bridgehead atoms. The molecule has 0 aliphatic heterocycles. The van der Waals surface area contributed by atoms with Crippen molar-refractivity contribution in [2.24, 2.45) is 0 Å². The molecule has 2 nitrogen and oxygen atoms in total. The van der Waals surface area contributed by atoms with E-state index >= 15 is 0 Å². The van der Waals surface area contributed by atoms with Crippen molar-refractivity contribution in [3.63, 3.8) is 0 Å². The summed E-state index contributed by atoms with van der Waals surface area (Å²) in [6.45, 7) is 0. The van der Waals surface area contributed by atoms with E-state index in [0.717, 1.165) is 50.1 Å². The average molecular weight is 716 g/mol. The predicted molar refractivity (Wildman–Crippen MR) is 236 cm³/mol. The number of furan rings is 1. The fourth-order valence-electron chi connectivity index (χ4n) is 8.03. The van der Waals surface area contributed by atoms with Crippen molar-refractivity contribution in [1.82, 2.24) is 0 Å². The normalized spacial score (nSPS) is 11.2.